The van der Waals surface area contributed by atoms with Crippen LogP contribution in [0.15, 0.2) is 17.0 Å². The summed E-state index contributed by atoms with van der Waals surface area (Å²) in [6.07, 6.45) is 2.68. The van der Waals surface area contributed by atoms with Crippen LogP contribution in [0, 0.1) is 0 Å². The molecule has 0 aliphatic heterocycles. The summed E-state index contributed by atoms with van der Waals surface area (Å²) in [7, 11) is 1.27. The number of aromatic nitrogens is 4. The number of carbonyl (C=O) groups excluding carboxylic acids is 1. The van der Waals surface area contributed by atoms with Crippen LogP contribution in [0.4, 0.5) is 0 Å². The molecule has 0 spiro atoms. The van der Waals surface area contributed by atoms with Gasteiger partial charge in [-0.25, -0.2) is 9.78 Å². The summed E-state index contributed by atoms with van der Waals surface area (Å²) in [4.78, 5) is 14.9. The van der Waals surface area contributed by atoms with E-state index in [1.807, 2.05) is 0 Å². The zero-order valence-electron chi connectivity index (χ0n) is 7.22. The Hall–Kier alpha value is -2.18. The fourth-order valence-corrected chi connectivity index (χ4v) is 0.974. The van der Waals surface area contributed by atoms with Crippen molar-refractivity contribution in [3.05, 3.63) is 18.3 Å². The number of carbonyl (C=O) groups is 1. The lowest BCUT2D eigenvalue weighted by Gasteiger charge is -1.94. The van der Waals surface area contributed by atoms with Crippen molar-refractivity contribution in [3.8, 4) is 11.5 Å². The monoisotopic (exact) mass is 194 g/mol. The summed E-state index contributed by atoms with van der Waals surface area (Å²) >= 11 is 0. The van der Waals surface area contributed by atoms with Crippen LogP contribution in [-0.4, -0.2) is 33.5 Å². The minimum absolute atomic E-state index is 0.0734. The van der Waals surface area contributed by atoms with Crippen molar-refractivity contribution < 1.29 is 13.9 Å². The Labute approximate surface area is 78.1 Å². The van der Waals surface area contributed by atoms with Crippen molar-refractivity contribution in [3.63, 3.8) is 0 Å². The van der Waals surface area contributed by atoms with Crippen LogP contribution in [0.3, 0.4) is 0 Å². The van der Waals surface area contributed by atoms with Crippen molar-refractivity contribution >= 4 is 5.97 Å². The molecule has 0 amide bonds. The smallest absolute Gasteiger partial charge is 0.361 e. The van der Waals surface area contributed by atoms with Gasteiger partial charge in [-0.1, -0.05) is 0 Å². The molecule has 0 saturated heterocycles. The maximum absolute atomic E-state index is 11.2. The second kappa shape index (κ2) is 3.29. The maximum Gasteiger partial charge on any atom is 0.361 e. The topological polar surface area (TPSA) is 93.9 Å². The molecule has 1 N–H and O–H groups in total. The molecular formula is C7H6N4O3. The molecule has 72 valence electrons. The molecule has 7 heteroatoms. The minimum atomic E-state index is -0.579. The molecule has 14 heavy (non-hydrogen) atoms. The summed E-state index contributed by atoms with van der Waals surface area (Å²) in [5.74, 6) is -0.218. The number of nitrogens with one attached hydrogen (secondary N) is 1. The van der Waals surface area contributed by atoms with Crippen LogP contribution in [0.2, 0.25) is 0 Å². The lowest BCUT2D eigenvalue weighted by Crippen LogP contribution is -2.03. The van der Waals surface area contributed by atoms with Crippen LogP contribution in [0.1, 0.15) is 10.5 Å². The molecule has 0 aromatic carbocycles. The van der Waals surface area contributed by atoms with E-state index in [0.29, 0.717) is 5.76 Å². The number of nitrogens with zero attached hydrogens (tertiary/aromatic N) is 3. The molecular weight excluding hydrogens is 188 g/mol. The predicted octanol–water partition coefficient (Wildman–Crippen LogP) is 0.246. The summed E-state index contributed by atoms with van der Waals surface area (Å²) in [6, 6.07) is 0. The fraction of sp³-hybridized carbons (Fsp3) is 0.143. The van der Waals surface area contributed by atoms with Gasteiger partial charge in [0.2, 0.25) is 5.69 Å². The van der Waals surface area contributed by atoms with Gasteiger partial charge in [0.05, 0.1) is 13.3 Å². The van der Waals surface area contributed by atoms with Crippen molar-refractivity contribution in [2.24, 2.45) is 0 Å². The predicted molar refractivity (Wildman–Crippen MR) is 43.2 cm³/mol. The van der Waals surface area contributed by atoms with Gasteiger partial charge in [-0.05, 0) is 0 Å². The molecule has 2 aromatic rings. The van der Waals surface area contributed by atoms with Gasteiger partial charge in [-0.15, -0.1) is 5.10 Å². The quantitative estimate of drug-likeness (QED) is 0.688. The Balaban J connectivity index is 2.45. The van der Waals surface area contributed by atoms with Crippen LogP contribution < -0.4 is 0 Å². The molecule has 0 fully saturated rings. The molecule has 2 rings (SSSR count). The highest BCUT2D eigenvalue weighted by Crippen LogP contribution is 2.18. The van der Waals surface area contributed by atoms with E-state index in [2.05, 4.69) is 25.1 Å². The fourth-order valence-electron chi connectivity index (χ4n) is 0.974. The van der Waals surface area contributed by atoms with Crippen LogP contribution in [-0.2, 0) is 4.74 Å². The average Bonchev–Trinajstić information content (AvgIpc) is 2.85. The zero-order valence-corrected chi connectivity index (χ0v) is 7.22. The number of hydrogen-bond acceptors (Lipinski definition) is 6. The summed E-state index contributed by atoms with van der Waals surface area (Å²) in [5, 5.41) is 9.71. The van der Waals surface area contributed by atoms with E-state index in [0.717, 1.165) is 0 Å². The second-order valence-corrected chi connectivity index (χ2v) is 2.38. The van der Waals surface area contributed by atoms with Gasteiger partial charge in [-0.2, -0.15) is 10.3 Å². The van der Waals surface area contributed by atoms with Crippen molar-refractivity contribution in [2.45, 2.75) is 0 Å². The number of hydrogen-bond donors (Lipinski definition) is 1. The van der Waals surface area contributed by atoms with E-state index in [1.54, 1.807) is 0 Å². The van der Waals surface area contributed by atoms with Gasteiger partial charge in [0.1, 0.15) is 0 Å². The van der Waals surface area contributed by atoms with E-state index in [-0.39, 0.29) is 11.4 Å². The molecule has 7 nitrogen and oxygen atoms in total. The molecule has 0 unspecified atom stereocenters. The van der Waals surface area contributed by atoms with Gasteiger partial charge in [0.25, 0.3) is 0 Å². The highest BCUT2D eigenvalue weighted by molar-refractivity contribution is 5.92. The Morgan fingerprint density at radius 3 is 3.07 bits per heavy atom. The molecule has 2 heterocycles. The summed E-state index contributed by atoms with van der Waals surface area (Å²) < 4.78 is 9.48. The third-order valence-corrected chi connectivity index (χ3v) is 1.59. The highest BCUT2D eigenvalue weighted by atomic mass is 16.5. The standard InChI is InChI=1S/C7H6N4O3/c1-13-7(12)6-5(9-11-10-6)4-2-8-3-14-4/h2-3H,1H3,(H,9,10,11). The highest BCUT2D eigenvalue weighted by Gasteiger charge is 2.20. The first-order valence-corrected chi connectivity index (χ1v) is 3.71. The minimum Gasteiger partial charge on any atom is -0.464 e. The van der Waals surface area contributed by atoms with Crippen molar-refractivity contribution in [1.29, 1.82) is 0 Å². The molecule has 0 atom stereocenters. The number of rotatable bonds is 2. The van der Waals surface area contributed by atoms with Crippen LogP contribution in [0.5, 0.6) is 0 Å². The van der Waals surface area contributed by atoms with Gasteiger partial charge < -0.3 is 9.15 Å². The normalized spacial score (nSPS) is 10.1. The number of methoxy groups -OCH3 is 1. The van der Waals surface area contributed by atoms with Crippen LogP contribution >= 0.6 is 0 Å². The Bertz CT molecular complexity index is 433. The SMILES string of the molecule is COC(=O)c1n[nH]nc1-c1cnco1. The molecule has 0 bridgehead atoms. The van der Waals surface area contributed by atoms with Crippen molar-refractivity contribution in [1.82, 2.24) is 20.4 Å². The van der Waals surface area contributed by atoms with E-state index in [9.17, 15) is 4.79 Å². The van der Waals surface area contributed by atoms with E-state index in [1.165, 1.54) is 19.7 Å². The van der Waals surface area contributed by atoms with Crippen LogP contribution in [0.25, 0.3) is 11.5 Å². The van der Waals surface area contributed by atoms with Gasteiger partial charge >= 0.3 is 5.97 Å². The number of oxazole rings is 1. The Morgan fingerprint density at radius 2 is 2.43 bits per heavy atom. The third-order valence-electron chi connectivity index (χ3n) is 1.59. The first kappa shape index (κ1) is 8.42. The Kier molecular flexibility index (Phi) is 1.98. The number of H-pyrrole nitrogens is 1. The number of ether oxygens (including phenoxy) is 1. The lowest BCUT2D eigenvalue weighted by atomic mass is 10.3. The average molecular weight is 194 g/mol. The van der Waals surface area contributed by atoms with E-state index < -0.39 is 5.97 Å². The Morgan fingerprint density at radius 1 is 1.57 bits per heavy atom. The molecule has 0 aliphatic carbocycles. The second-order valence-electron chi connectivity index (χ2n) is 2.38. The van der Waals surface area contributed by atoms with Gasteiger partial charge in [-0.3, -0.25) is 0 Å². The van der Waals surface area contributed by atoms with Crippen molar-refractivity contribution in [2.75, 3.05) is 7.11 Å². The summed E-state index contributed by atoms with van der Waals surface area (Å²) in [5.41, 5.74) is 0.360. The number of esters is 1. The van der Waals surface area contributed by atoms with E-state index >= 15 is 0 Å². The largest absolute Gasteiger partial charge is 0.464 e. The van der Waals surface area contributed by atoms with Gasteiger partial charge in [0.15, 0.2) is 17.8 Å². The summed E-state index contributed by atoms with van der Waals surface area (Å²) in [6.45, 7) is 0. The zero-order chi connectivity index (χ0) is 9.97. The van der Waals surface area contributed by atoms with E-state index in [4.69, 9.17) is 4.42 Å². The molecule has 0 saturated carbocycles. The molecule has 2 aromatic heterocycles. The molecule has 0 aliphatic rings. The maximum atomic E-state index is 11.2. The third kappa shape index (κ3) is 1.24. The lowest BCUT2D eigenvalue weighted by molar-refractivity contribution is 0.0594. The number of aromatic amines is 1. The van der Waals surface area contributed by atoms with Gasteiger partial charge in [0, 0.05) is 0 Å². The first-order valence-electron chi connectivity index (χ1n) is 3.71. The molecule has 0 radical (unpaired) electrons. The first-order chi connectivity index (χ1) is 6.83.